The van der Waals surface area contributed by atoms with E-state index in [2.05, 4.69) is 11.9 Å². The summed E-state index contributed by atoms with van der Waals surface area (Å²) in [6, 6.07) is 3.73. The van der Waals surface area contributed by atoms with Crippen LogP contribution in [0, 0.1) is 15.3 Å². The average molecular weight is 359 g/mol. The highest BCUT2D eigenvalue weighted by atomic mass is 127. The minimum absolute atomic E-state index is 0.197. The molecule has 2 aromatic rings. The molecule has 0 saturated heterocycles. The quantitative estimate of drug-likeness (QED) is 0.849. The highest BCUT2D eigenvalue weighted by Crippen LogP contribution is 2.48. The molecule has 2 atom stereocenters. The zero-order valence-electron chi connectivity index (χ0n) is 10.2. The molecule has 1 heterocycles. The Labute approximate surface area is 119 Å². The number of halogens is 2. The topological polar surface area (TPSA) is 43.8 Å². The van der Waals surface area contributed by atoms with E-state index in [1.807, 2.05) is 27.2 Å². The van der Waals surface area contributed by atoms with Gasteiger partial charge in [-0.05, 0) is 47.4 Å². The summed E-state index contributed by atoms with van der Waals surface area (Å²) in [7, 11) is 0. The number of fused-ring (bicyclic) bond motifs is 1. The maximum absolute atomic E-state index is 13.7. The molecule has 3 nitrogen and oxygen atoms in total. The highest BCUT2D eigenvalue weighted by Gasteiger charge is 2.39. The molecular formula is C13H15FIN3. The van der Waals surface area contributed by atoms with E-state index in [0.717, 1.165) is 17.5 Å². The fourth-order valence-electron chi connectivity index (χ4n) is 2.69. The van der Waals surface area contributed by atoms with Gasteiger partial charge in [0.2, 0.25) is 5.95 Å². The number of benzene rings is 1. The van der Waals surface area contributed by atoms with Crippen LogP contribution in [0.3, 0.4) is 0 Å². The molecule has 0 bridgehead atoms. The van der Waals surface area contributed by atoms with Gasteiger partial charge in [0, 0.05) is 12.1 Å². The summed E-state index contributed by atoms with van der Waals surface area (Å²) in [4.78, 5) is 4.34. The number of imidazole rings is 1. The molecule has 2 unspecified atom stereocenters. The predicted molar refractivity (Wildman–Crippen MR) is 78.9 cm³/mol. The van der Waals surface area contributed by atoms with Crippen LogP contribution in [0.2, 0.25) is 0 Å². The van der Waals surface area contributed by atoms with Crippen molar-refractivity contribution in [1.82, 2.24) is 9.55 Å². The van der Waals surface area contributed by atoms with Crippen LogP contribution in [0.25, 0.3) is 11.0 Å². The van der Waals surface area contributed by atoms with Crippen molar-refractivity contribution >= 4 is 39.6 Å². The standard InChI is InChI=1S/C13H15FIN3/c1-2-3-7-4-11(7)18-12-5-8(14)9(15)6-10(12)17-13(18)16/h5-7,11H,2-4H2,1H3,(H2,16,17). The van der Waals surface area contributed by atoms with Crippen LogP contribution in [0.1, 0.15) is 32.2 Å². The number of rotatable bonds is 3. The third-order valence-corrected chi connectivity index (χ3v) is 4.46. The van der Waals surface area contributed by atoms with Crippen molar-refractivity contribution in [3.8, 4) is 0 Å². The first-order chi connectivity index (χ1) is 8.61. The van der Waals surface area contributed by atoms with Gasteiger partial charge in [0.05, 0.1) is 14.6 Å². The molecule has 0 spiro atoms. The maximum Gasteiger partial charge on any atom is 0.201 e. The Hall–Kier alpha value is -0.850. The van der Waals surface area contributed by atoms with Crippen LogP contribution >= 0.6 is 22.6 Å². The lowest BCUT2D eigenvalue weighted by Gasteiger charge is -2.06. The van der Waals surface area contributed by atoms with E-state index < -0.39 is 0 Å². The van der Waals surface area contributed by atoms with Crippen molar-refractivity contribution in [2.45, 2.75) is 32.2 Å². The summed E-state index contributed by atoms with van der Waals surface area (Å²) in [5.41, 5.74) is 7.60. The van der Waals surface area contributed by atoms with Crippen molar-refractivity contribution in [3.63, 3.8) is 0 Å². The normalized spacial score (nSPS) is 22.6. The third kappa shape index (κ3) is 1.88. The largest absolute Gasteiger partial charge is 0.369 e. The molecule has 0 amide bonds. The van der Waals surface area contributed by atoms with Crippen LogP contribution in [-0.4, -0.2) is 9.55 Å². The van der Waals surface area contributed by atoms with E-state index in [1.165, 1.54) is 12.8 Å². The molecule has 1 saturated carbocycles. The molecule has 96 valence electrons. The van der Waals surface area contributed by atoms with Gasteiger partial charge in [0.1, 0.15) is 5.82 Å². The molecule has 5 heteroatoms. The molecule has 18 heavy (non-hydrogen) atoms. The second-order valence-corrected chi connectivity index (χ2v) is 6.11. The monoisotopic (exact) mass is 359 g/mol. The molecule has 0 aliphatic heterocycles. The molecule has 1 aromatic heterocycles. The van der Waals surface area contributed by atoms with Crippen molar-refractivity contribution in [2.75, 3.05) is 5.73 Å². The zero-order valence-corrected chi connectivity index (χ0v) is 12.3. The smallest absolute Gasteiger partial charge is 0.201 e. The van der Waals surface area contributed by atoms with Gasteiger partial charge in [-0.15, -0.1) is 0 Å². The van der Waals surface area contributed by atoms with Crippen LogP contribution in [0.4, 0.5) is 10.3 Å². The second kappa shape index (κ2) is 4.36. The van der Waals surface area contributed by atoms with Crippen molar-refractivity contribution in [3.05, 3.63) is 21.5 Å². The molecule has 1 aliphatic rings. The van der Waals surface area contributed by atoms with E-state index in [1.54, 1.807) is 12.1 Å². The minimum atomic E-state index is -0.197. The van der Waals surface area contributed by atoms with Crippen LogP contribution < -0.4 is 5.73 Å². The molecular weight excluding hydrogens is 344 g/mol. The molecule has 2 N–H and O–H groups in total. The fourth-order valence-corrected chi connectivity index (χ4v) is 3.14. The first kappa shape index (κ1) is 12.2. The van der Waals surface area contributed by atoms with Crippen LogP contribution in [0.15, 0.2) is 12.1 Å². The zero-order chi connectivity index (χ0) is 12.9. The molecule has 1 aromatic carbocycles. The first-order valence-corrected chi connectivity index (χ1v) is 7.32. The number of hydrogen-bond donors (Lipinski definition) is 1. The fraction of sp³-hybridized carbons (Fsp3) is 0.462. The van der Waals surface area contributed by atoms with Crippen molar-refractivity contribution in [1.29, 1.82) is 0 Å². The maximum atomic E-state index is 13.7. The lowest BCUT2D eigenvalue weighted by Crippen LogP contribution is -2.02. The predicted octanol–water partition coefficient (Wildman–Crippen LogP) is 3.72. The lowest BCUT2D eigenvalue weighted by atomic mass is 10.2. The van der Waals surface area contributed by atoms with Gasteiger partial charge in [-0.2, -0.15) is 0 Å². The number of nitrogens with two attached hydrogens (primary N) is 1. The van der Waals surface area contributed by atoms with E-state index in [9.17, 15) is 4.39 Å². The van der Waals surface area contributed by atoms with Gasteiger partial charge in [0.25, 0.3) is 0 Å². The molecule has 1 fully saturated rings. The number of nitrogen functional groups attached to an aromatic ring is 1. The van der Waals surface area contributed by atoms with E-state index >= 15 is 0 Å². The average Bonchev–Trinajstić information content (AvgIpc) is 2.98. The third-order valence-electron chi connectivity index (χ3n) is 3.64. The van der Waals surface area contributed by atoms with Crippen LogP contribution in [0.5, 0.6) is 0 Å². The second-order valence-electron chi connectivity index (χ2n) is 4.95. The summed E-state index contributed by atoms with van der Waals surface area (Å²) >= 11 is 1.98. The van der Waals surface area contributed by atoms with Gasteiger partial charge in [-0.3, -0.25) is 0 Å². The summed E-state index contributed by atoms with van der Waals surface area (Å²) < 4.78 is 16.3. The minimum Gasteiger partial charge on any atom is -0.369 e. The highest BCUT2D eigenvalue weighted by molar-refractivity contribution is 14.1. The molecule has 0 radical (unpaired) electrons. The Balaban J connectivity index is 2.07. The summed E-state index contributed by atoms with van der Waals surface area (Å²) in [6.07, 6.45) is 3.52. The Bertz CT molecular complexity index is 608. The van der Waals surface area contributed by atoms with E-state index in [0.29, 0.717) is 21.5 Å². The number of anilines is 1. The summed E-state index contributed by atoms with van der Waals surface area (Å²) in [5, 5.41) is 0. The SMILES string of the molecule is CCCC1CC1n1c(N)nc2cc(I)c(F)cc21. The van der Waals surface area contributed by atoms with Crippen molar-refractivity contribution < 1.29 is 4.39 Å². The van der Waals surface area contributed by atoms with Gasteiger partial charge >= 0.3 is 0 Å². The number of aromatic nitrogens is 2. The number of nitrogens with zero attached hydrogens (tertiary/aromatic N) is 2. The molecule has 1 aliphatic carbocycles. The van der Waals surface area contributed by atoms with Gasteiger partial charge in [-0.25, -0.2) is 9.37 Å². The number of hydrogen-bond acceptors (Lipinski definition) is 2. The van der Waals surface area contributed by atoms with Gasteiger partial charge in [0.15, 0.2) is 0 Å². The van der Waals surface area contributed by atoms with Gasteiger partial charge < -0.3 is 10.3 Å². The first-order valence-electron chi connectivity index (χ1n) is 6.24. The summed E-state index contributed by atoms with van der Waals surface area (Å²) in [5.74, 6) is 0.990. The molecule has 3 rings (SSSR count). The summed E-state index contributed by atoms with van der Waals surface area (Å²) in [6.45, 7) is 2.19. The Kier molecular flexibility index (Phi) is 2.96. The van der Waals surface area contributed by atoms with Crippen molar-refractivity contribution in [2.24, 2.45) is 5.92 Å². The Morgan fingerprint density at radius 2 is 2.33 bits per heavy atom. The van der Waals surface area contributed by atoms with Crippen LogP contribution in [-0.2, 0) is 0 Å². The van der Waals surface area contributed by atoms with E-state index in [4.69, 9.17) is 5.73 Å². The van der Waals surface area contributed by atoms with Gasteiger partial charge in [-0.1, -0.05) is 13.3 Å². The van der Waals surface area contributed by atoms with E-state index in [-0.39, 0.29) is 5.82 Å². The Morgan fingerprint density at radius 3 is 3.06 bits per heavy atom. The lowest BCUT2D eigenvalue weighted by molar-refractivity contribution is 0.612. The Morgan fingerprint density at radius 1 is 1.56 bits per heavy atom.